The molecule has 102 valence electrons. The summed E-state index contributed by atoms with van der Waals surface area (Å²) >= 11 is 8.64. The molecular formula is C13H27NOS2. The minimum atomic E-state index is 0.190. The van der Waals surface area contributed by atoms with E-state index in [0.29, 0.717) is 17.6 Å². The number of hydrogen-bond acceptors (Lipinski definition) is 3. The van der Waals surface area contributed by atoms with Gasteiger partial charge >= 0.3 is 0 Å². The monoisotopic (exact) mass is 277 g/mol. The molecule has 4 heteroatoms. The Morgan fingerprint density at radius 1 is 1.18 bits per heavy atom. The van der Waals surface area contributed by atoms with Crippen molar-refractivity contribution in [3.63, 3.8) is 0 Å². The summed E-state index contributed by atoms with van der Waals surface area (Å²) in [5.74, 6) is 1.74. The van der Waals surface area contributed by atoms with Crippen LogP contribution < -0.4 is 5.32 Å². The zero-order chi connectivity index (χ0) is 13.1. The van der Waals surface area contributed by atoms with Gasteiger partial charge in [-0.1, -0.05) is 20.3 Å². The summed E-state index contributed by atoms with van der Waals surface area (Å²) in [7, 11) is 0. The van der Waals surface area contributed by atoms with Crippen LogP contribution >= 0.6 is 25.3 Å². The van der Waals surface area contributed by atoms with Gasteiger partial charge in [-0.3, -0.25) is 4.79 Å². The highest BCUT2D eigenvalue weighted by Gasteiger charge is 2.04. The van der Waals surface area contributed by atoms with E-state index in [4.69, 9.17) is 0 Å². The molecule has 0 aromatic rings. The van der Waals surface area contributed by atoms with Crippen LogP contribution in [0.5, 0.6) is 0 Å². The fraction of sp³-hybridized carbons (Fsp3) is 0.923. The summed E-state index contributed by atoms with van der Waals surface area (Å²) in [6.07, 6.45) is 5.90. The van der Waals surface area contributed by atoms with Crippen molar-refractivity contribution in [1.29, 1.82) is 0 Å². The zero-order valence-electron chi connectivity index (χ0n) is 11.1. The molecule has 0 radical (unpaired) electrons. The van der Waals surface area contributed by atoms with Crippen molar-refractivity contribution in [1.82, 2.24) is 5.32 Å². The van der Waals surface area contributed by atoms with Gasteiger partial charge in [0.2, 0.25) is 5.91 Å². The molecule has 0 aliphatic heterocycles. The second-order valence-corrected chi connectivity index (χ2v) is 6.12. The number of unbranched alkanes of at least 4 members (excludes halogenated alkanes) is 1. The first-order valence-electron chi connectivity index (χ1n) is 6.62. The van der Waals surface area contributed by atoms with E-state index in [1.807, 2.05) is 0 Å². The van der Waals surface area contributed by atoms with Crippen LogP contribution in [0.15, 0.2) is 0 Å². The minimum absolute atomic E-state index is 0.190. The SMILES string of the molecule is CC(C)CCNC(=O)CCCCC(S)CCS. The summed E-state index contributed by atoms with van der Waals surface area (Å²) in [6.45, 7) is 5.15. The van der Waals surface area contributed by atoms with Crippen LogP contribution in [0.25, 0.3) is 0 Å². The number of carbonyl (C=O) groups is 1. The summed E-state index contributed by atoms with van der Waals surface area (Å²) in [5.41, 5.74) is 0. The first kappa shape index (κ1) is 17.2. The van der Waals surface area contributed by atoms with E-state index < -0.39 is 0 Å². The Morgan fingerprint density at radius 2 is 1.88 bits per heavy atom. The highest BCUT2D eigenvalue weighted by atomic mass is 32.1. The van der Waals surface area contributed by atoms with Crippen LogP contribution in [0.2, 0.25) is 0 Å². The normalized spacial score (nSPS) is 12.8. The van der Waals surface area contributed by atoms with Crippen LogP contribution in [-0.4, -0.2) is 23.5 Å². The molecule has 0 rings (SSSR count). The largest absolute Gasteiger partial charge is 0.356 e. The maximum Gasteiger partial charge on any atom is 0.219 e. The lowest BCUT2D eigenvalue weighted by Crippen LogP contribution is -2.24. The molecule has 0 aliphatic rings. The average Bonchev–Trinajstić information content (AvgIpc) is 2.24. The van der Waals surface area contributed by atoms with Gasteiger partial charge in [0.15, 0.2) is 0 Å². The van der Waals surface area contributed by atoms with Gasteiger partial charge in [0.25, 0.3) is 0 Å². The Labute approximate surface area is 117 Å². The lowest BCUT2D eigenvalue weighted by molar-refractivity contribution is -0.121. The summed E-state index contributed by atoms with van der Waals surface area (Å²) < 4.78 is 0. The molecule has 0 aliphatic carbocycles. The van der Waals surface area contributed by atoms with E-state index in [1.54, 1.807) is 0 Å². The Bertz CT molecular complexity index is 198. The molecular weight excluding hydrogens is 250 g/mol. The van der Waals surface area contributed by atoms with Crippen LogP contribution in [0.4, 0.5) is 0 Å². The van der Waals surface area contributed by atoms with Crippen molar-refractivity contribution >= 4 is 31.2 Å². The van der Waals surface area contributed by atoms with Gasteiger partial charge in [-0.25, -0.2) is 0 Å². The first-order chi connectivity index (χ1) is 8.06. The van der Waals surface area contributed by atoms with Gasteiger partial charge in [0.05, 0.1) is 0 Å². The predicted octanol–water partition coefficient (Wildman–Crippen LogP) is 3.33. The molecule has 0 fully saturated rings. The third-order valence-electron chi connectivity index (χ3n) is 2.70. The predicted molar refractivity (Wildman–Crippen MR) is 82.2 cm³/mol. The maximum atomic E-state index is 11.5. The third kappa shape index (κ3) is 12.4. The molecule has 1 atom stereocenters. The maximum absolute atomic E-state index is 11.5. The first-order valence-corrected chi connectivity index (χ1v) is 7.76. The lowest BCUT2D eigenvalue weighted by atomic mass is 10.1. The van der Waals surface area contributed by atoms with E-state index >= 15 is 0 Å². The van der Waals surface area contributed by atoms with Crippen molar-refractivity contribution in [3.05, 3.63) is 0 Å². The number of thiol groups is 2. The highest BCUT2D eigenvalue weighted by molar-refractivity contribution is 7.81. The molecule has 0 aromatic heterocycles. The van der Waals surface area contributed by atoms with Crippen molar-refractivity contribution in [2.45, 2.75) is 57.6 Å². The van der Waals surface area contributed by atoms with Crippen LogP contribution in [0, 0.1) is 5.92 Å². The molecule has 1 unspecified atom stereocenters. The van der Waals surface area contributed by atoms with E-state index in [-0.39, 0.29) is 5.91 Å². The number of hydrogen-bond donors (Lipinski definition) is 3. The summed E-state index contributed by atoms with van der Waals surface area (Å²) in [6, 6.07) is 0. The summed E-state index contributed by atoms with van der Waals surface area (Å²) in [5, 5.41) is 3.40. The van der Waals surface area contributed by atoms with Crippen molar-refractivity contribution in [2.75, 3.05) is 12.3 Å². The molecule has 0 bridgehead atoms. The van der Waals surface area contributed by atoms with E-state index in [0.717, 1.165) is 44.4 Å². The van der Waals surface area contributed by atoms with Crippen molar-refractivity contribution < 1.29 is 4.79 Å². The number of rotatable bonds is 10. The van der Waals surface area contributed by atoms with Crippen LogP contribution in [0.1, 0.15) is 52.4 Å². The second-order valence-electron chi connectivity index (χ2n) is 4.94. The fourth-order valence-corrected chi connectivity index (χ4v) is 2.37. The van der Waals surface area contributed by atoms with Gasteiger partial charge in [0, 0.05) is 18.2 Å². The summed E-state index contributed by atoms with van der Waals surface area (Å²) in [4.78, 5) is 11.5. The van der Waals surface area contributed by atoms with Crippen LogP contribution in [0.3, 0.4) is 0 Å². The molecule has 0 heterocycles. The van der Waals surface area contributed by atoms with E-state index in [9.17, 15) is 4.79 Å². The Balaban J connectivity index is 3.33. The quantitative estimate of drug-likeness (QED) is 0.415. The molecule has 1 amide bonds. The van der Waals surface area contributed by atoms with Crippen molar-refractivity contribution in [3.8, 4) is 0 Å². The Morgan fingerprint density at radius 3 is 2.47 bits per heavy atom. The Kier molecular flexibility index (Phi) is 11.4. The van der Waals surface area contributed by atoms with Gasteiger partial charge in [0.1, 0.15) is 0 Å². The number of amides is 1. The highest BCUT2D eigenvalue weighted by Crippen LogP contribution is 2.12. The Hall–Kier alpha value is 0.170. The smallest absolute Gasteiger partial charge is 0.219 e. The molecule has 1 N–H and O–H groups in total. The molecule has 0 saturated carbocycles. The number of carbonyl (C=O) groups excluding carboxylic acids is 1. The molecule has 0 spiro atoms. The van der Waals surface area contributed by atoms with Gasteiger partial charge in [-0.15, -0.1) is 0 Å². The molecule has 17 heavy (non-hydrogen) atoms. The standard InChI is InChI=1S/C13H27NOS2/c1-11(2)7-9-14-13(15)6-4-3-5-12(17)8-10-16/h11-12,16-17H,3-10H2,1-2H3,(H,14,15). The zero-order valence-corrected chi connectivity index (χ0v) is 12.9. The van der Waals surface area contributed by atoms with Crippen LogP contribution in [-0.2, 0) is 4.79 Å². The van der Waals surface area contributed by atoms with Gasteiger partial charge in [-0.05, 0) is 37.4 Å². The third-order valence-corrected chi connectivity index (χ3v) is 3.47. The van der Waals surface area contributed by atoms with Gasteiger partial charge in [-0.2, -0.15) is 25.3 Å². The average molecular weight is 277 g/mol. The fourth-order valence-electron chi connectivity index (χ4n) is 1.55. The topological polar surface area (TPSA) is 29.1 Å². The van der Waals surface area contributed by atoms with Gasteiger partial charge < -0.3 is 5.32 Å². The molecule has 2 nitrogen and oxygen atoms in total. The van der Waals surface area contributed by atoms with E-state index in [1.165, 1.54) is 0 Å². The minimum Gasteiger partial charge on any atom is -0.356 e. The molecule has 0 aromatic carbocycles. The lowest BCUT2D eigenvalue weighted by Gasteiger charge is -2.09. The van der Waals surface area contributed by atoms with Crippen molar-refractivity contribution in [2.24, 2.45) is 5.92 Å². The molecule has 0 saturated heterocycles. The number of nitrogens with one attached hydrogen (secondary N) is 1. The van der Waals surface area contributed by atoms with E-state index in [2.05, 4.69) is 44.4 Å². The second kappa shape index (κ2) is 11.3.